The molecule has 0 fully saturated rings. The van der Waals surface area contributed by atoms with Gasteiger partial charge in [-0.25, -0.2) is 9.97 Å². The molecule has 0 saturated carbocycles. The summed E-state index contributed by atoms with van der Waals surface area (Å²) in [4.78, 5) is 8.79. The fraction of sp³-hybridized carbons (Fsp3) is 0.190. The van der Waals surface area contributed by atoms with Crippen molar-refractivity contribution in [2.24, 2.45) is 0 Å². The lowest BCUT2D eigenvalue weighted by atomic mass is 10.0. The third kappa shape index (κ3) is 4.43. The summed E-state index contributed by atoms with van der Waals surface area (Å²) in [6.07, 6.45) is 2.54. The molecule has 0 aliphatic heterocycles. The van der Waals surface area contributed by atoms with Gasteiger partial charge in [-0.3, -0.25) is 0 Å². The summed E-state index contributed by atoms with van der Waals surface area (Å²) in [5, 5.41) is 3.82. The van der Waals surface area contributed by atoms with Crippen LogP contribution in [0.5, 0.6) is 0 Å². The molecule has 3 rings (SSSR count). The average Bonchev–Trinajstić information content (AvgIpc) is 2.64. The number of rotatable bonds is 6. The molecule has 0 spiro atoms. The summed E-state index contributed by atoms with van der Waals surface area (Å²) < 4.78 is 5.48. The molecule has 0 aliphatic carbocycles. The Balaban J connectivity index is 1.92. The molecule has 1 heterocycles. The highest BCUT2D eigenvalue weighted by molar-refractivity contribution is 7.80. The molecular formula is C21H21N3OS. The SMILES string of the molecule is CCOC(=S)c1cnc(C)nc1Nc1ccccc1Cc1ccccc1. The number of benzene rings is 2. The van der Waals surface area contributed by atoms with Crippen molar-refractivity contribution < 1.29 is 4.74 Å². The van der Waals surface area contributed by atoms with Gasteiger partial charge in [0.1, 0.15) is 11.6 Å². The Morgan fingerprint density at radius 3 is 2.58 bits per heavy atom. The van der Waals surface area contributed by atoms with Crippen LogP contribution in [0.2, 0.25) is 0 Å². The van der Waals surface area contributed by atoms with E-state index in [4.69, 9.17) is 17.0 Å². The standard InChI is InChI=1S/C21H21N3OS/c1-3-25-21(26)18-14-22-15(2)23-20(18)24-19-12-8-7-11-17(19)13-16-9-5-4-6-10-16/h4-12,14H,3,13H2,1-2H3,(H,22,23,24). The summed E-state index contributed by atoms with van der Waals surface area (Å²) in [5.41, 5.74) is 4.13. The van der Waals surface area contributed by atoms with Crippen molar-refractivity contribution in [3.05, 3.63) is 83.3 Å². The Bertz CT molecular complexity index is 897. The van der Waals surface area contributed by atoms with Crippen molar-refractivity contribution in [1.82, 2.24) is 9.97 Å². The van der Waals surface area contributed by atoms with Gasteiger partial charge in [-0.1, -0.05) is 48.5 Å². The van der Waals surface area contributed by atoms with Gasteiger partial charge in [0.25, 0.3) is 0 Å². The Morgan fingerprint density at radius 1 is 1.08 bits per heavy atom. The third-order valence-electron chi connectivity index (χ3n) is 3.91. The molecule has 4 nitrogen and oxygen atoms in total. The summed E-state index contributed by atoms with van der Waals surface area (Å²) in [6, 6.07) is 18.6. The third-order valence-corrected chi connectivity index (χ3v) is 4.25. The van der Waals surface area contributed by atoms with E-state index in [0.717, 1.165) is 12.1 Å². The van der Waals surface area contributed by atoms with Gasteiger partial charge in [0.2, 0.25) is 0 Å². The van der Waals surface area contributed by atoms with E-state index in [0.29, 0.717) is 28.9 Å². The maximum atomic E-state index is 5.48. The number of anilines is 2. The first-order chi connectivity index (χ1) is 12.7. The zero-order valence-corrected chi connectivity index (χ0v) is 15.7. The van der Waals surface area contributed by atoms with Crippen molar-refractivity contribution in [2.75, 3.05) is 11.9 Å². The number of aromatic nitrogens is 2. The molecule has 1 aromatic heterocycles. The summed E-state index contributed by atoms with van der Waals surface area (Å²) >= 11 is 5.36. The largest absolute Gasteiger partial charge is 0.483 e. The predicted molar refractivity (Wildman–Crippen MR) is 109 cm³/mol. The van der Waals surface area contributed by atoms with Crippen molar-refractivity contribution in [2.45, 2.75) is 20.3 Å². The molecule has 0 unspecified atom stereocenters. The van der Waals surface area contributed by atoms with Gasteiger partial charge in [-0.2, -0.15) is 0 Å². The van der Waals surface area contributed by atoms with E-state index < -0.39 is 0 Å². The number of para-hydroxylation sites is 1. The molecule has 0 aliphatic rings. The first kappa shape index (κ1) is 18.0. The highest BCUT2D eigenvalue weighted by Gasteiger charge is 2.13. The number of nitrogens with zero attached hydrogens (tertiary/aromatic N) is 2. The second-order valence-electron chi connectivity index (χ2n) is 5.84. The van der Waals surface area contributed by atoms with Crippen LogP contribution >= 0.6 is 12.2 Å². The van der Waals surface area contributed by atoms with Gasteiger partial charge in [-0.05, 0) is 49.7 Å². The topological polar surface area (TPSA) is 47.0 Å². The molecule has 0 amide bonds. The smallest absolute Gasteiger partial charge is 0.196 e. The van der Waals surface area contributed by atoms with E-state index in [-0.39, 0.29) is 0 Å². The van der Waals surface area contributed by atoms with Gasteiger partial charge in [-0.15, -0.1) is 0 Å². The van der Waals surface area contributed by atoms with Crippen molar-refractivity contribution in [3.63, 3.8) is 0 Å². The summed E-state index contributed by atoms with van der Waals surface area (Å²) in [5.74, 6) is 1.34. The Hall–Kier alpha value is -2.79. The van der Waals surface area contributed by atoms with Crippen LogP contribution in [0.1, 0.15) is 29.4 Å². The molecule has 5 heteroatoms. The first-order valence-corrected chi connectivity index (χ1v) is 8.98. The van der Waals surface area contributed by atoms with Gasteiger partial charge < -0.3 is 10.1 Å². The molecule has 0 atom stereocenters. The molecule has 1 N–H and O–H groups in total. The predicted octanol–water partition coefficient (Wildman–Crippen LogP) is 4.83. The molecule has 0 bridgehead atoms. The molecule has 3 aromatic rings. The second-order valence-corrected chi connectivity index (χ2v) is 6.22. The molecule has 26 heavy (non-hydrogen) atoms. The van der Waals surface area contributed by atoms with Crippen LogP contribution in [0.3, 0.4) is 0 Å². The van der Waals surface area contributed by atoms with Gasteiger partial charge in [0, 0.05) is 11.9 Å². The minimum atomic E-state index is 0.399. The minimum Gasteiger partial charge on any atom is -0.483 e. The van der Waals surface area contributed by atoms with Crippen molar-refractivity contribution in [1.29, 1.82) is 0 Å². The normalized spacial score (nSPS) is 10.4. The van der Waals surface area contributed by atoms with E-state index in [1.54, 1.807) is 6.20 Å². The van der Waals surface area contributed by atoms with Crippen molar-refractivity contribution in [3.8, 4) is 0 Å². The Morgan fingerprint density at radius 2 is 1.81 bits per heavy atom. The molecule has 0 radical (unpaired) electrons. The van der Waals surface area contributed by atoms with Crippen LogP contribution in [-0.4, -0.2) is 21.6 Å². The van der Waals surface area contributed by atoms with Crippen molar-refractivity contribution >= 4 is 28.8 Å². The summed E-state index contributed by atoms with van der Waals surface area (Å²) in [7, 11) is 0. The van der Waals surface area contributed by atoms with E-state index in [9.17, 15) is 0 Å². The first-order valence-electron chi connectivity index (χ1n) is 8.57. The van der Waals surface area contributed by atoms with Crippen LogP contribution in [-0.2, 0) is 11.2 Å². The highest BCUT2D eigenvalue weighted by atomic mass is 32.1. The minimum absolute atomic E-state index is 0.399. The van der Waals surface area contributed by atoms with E-state index in [1.165, 1.54) is 11.1 Å². The zero-order valence-electron chi connectivity index (χ0n) is 14.9. The molecule has 2 aromatic carbocycles. The number of hydrogen-bond acceptors (Lipinski definition) is 5. The maximum Gasteiger partial charge on any atom is 0.196 e. The Labute approximate surface area is 159 Å². The number of aryl methyl sites for hydroxylation is 1. The maximum absolute atomic E-state index is 5.48. The molecule has 132 valence electrons. The lowest BCUT2D eigenvalue weighted by Gasteiger charge is -2.15. The van der Waals surface area contributed by atoms with E-state index >= 15 is 0 Å². The van der Waals surface area contributed by atoms with Gasteiger partial charge >= 0.3 is 0 Å². The number of ether oxygens (including phenoxy) is 1. The van der Waals surface area contributed by atoms with Crippen LogP contribution in [0, 0.1) is 6.92 Å². The monoisotopic (exact) mass is 363 g/mol. The lowest BCUT2D eigenvalue weighted by molar-refractivity contribution is 0.337. The van der Waals surface area contributed by atoms with E-state index in [1.807, 2.05) is 38.1 Å². The zero-order chi connectivity index (χ0) is 18.4. The second kappa shape index (κ2) is 8.54. The van der Waals surface area contributed by atoms with E-state index in [2.05, 4.69) is 45.6 Å². The molecule has 0 saturated heterocycles. The number of thiocarbonyl (C=S) groups is 1. The number of nitrogens with one attached hydrogen (secondary N) is 1. The fourth-order valence-electron chi connectivity index (χ4n) is 2.66. The van der Waals surface area contributed by atoms with Crippen LogP contribution in [0.4, 0.5) is 11.5 Å². The Kier molecular flexibility index (Phi) is 5.92. The highest BCUT2D eigenvalue weighted by Crippen LogP contribution is 2.25. The molecular weight excluding hydrogens is 342 g/mol. The van der Waals surface area contributed by atoms with Crippen LogP contribution < -0.4 is 5.32 Å². The van der Waals surface area contributed by atoms with Crippen LogP contribution in [0.15, 0.2) is 60.8 Å². The fourth-order valence-corrected chi connectivity index (χ4v) is 2.93. The van der Waals surface area contributed by atoms with Gasteiger partial charge in [0.15, 0.2) is 5.05 Å². The van der Waals surface area contributed by atoms with Crippen LogP contribution in [0.25, 0.3) is 0 Å². The number of hydrogen-bond donors (Lipinski definition) is 1. The average molecular weight is 363 g/mol. The quantitative estimate of drug-likeness (QED) is 0.636. The summed E-state index contributed by atoms with van der Waals surface area (Å²) in [6.45, 7) is 4.27. The lowest BCUT2D eigenvalue weighted by Crippen LogP contribution is -2.10. The van der Waals surface area contributed by atoms with Gasteiger partial charge in [0.05, 0.1) is 12.2 Å².